The van der Waals surface area contributed by atoms with Crippen molar-refractivity contribution in [3.05, 3.63) is 29.6 Å². The molecule has 1 heterocycles. The zero-order chi connectivity index (χ0) is 11.1. The summed E-state index contributed by atoms with van der Waals surface area (Å²) >= 11 is 0. The van der Waals surface area contributed by atoms with E-state index in [0.717, 1.165) is 22.4 Å². The average molecular weight is 215 g/mol. The van der Waals surface area contributed by atoms with Crippen LogP contribution >= 0.6 is 0 Å². The minimum absolute atomic E-state index is 0.0832. The molecule has 0 amide bonds. The molecule has 1 saturated carbocycles. The minimum Gasteiger partial charge on any atom is -0.342 e. The van der Waals surface area contributed by atoms with E-state index in [1.165, 1.54) is 19.3 Å². The van der Waals surface area contributed by atoms with E-state index < -0.39 is 0 Å². The topological polar surface area (TPSA) is 54.7 Å². The SMILES string of the molecule is CC(N)c1ccc2nc(C3CCC3)[nH]c2c1. The van der Waals surface area contributed by atoms with Gasteiger partial charge in [0.1, 0.15) is 5.82 Å². The van der Waals surface area contributed by atoms with Crippen LogP contribution in [0.3, 0.4) is 0 Å². The number of imidazole rings is 1. The summed E-state index contributed by atoms with van der Waals surface area (Å²) in [5.74, 6) is 1.81. The zero-order valence-corrected chi connectivity index (χ0v) is 9.53. The van der Waals surface area contributed by atoms with Gasteiger partial charge >= 0.3 is 0 Å². The molecule has 3 heteroatoms. The van der Waals surface area contributed by atoms with E-state index >= 15 is 0 Å². The van der Waals surface area contributed by atoms with Crippen LogP contribution in [-0.4, -0.2) is 9.97 Å². The number of benzene rings is 1. The number of aromatic nitrogens is 2. The molecular formula is C13H17N3. The van der Waals surface area contributed by atoms with Crippen molar-refractivity contribution >= 4 is 11.0 Å². The Hall–Kier alpha value is -1.35. The van der Waals surface area contributed by atoms with Crippen molar-refractivity contribution in [1.29, 1.82) is 0 Å². The van der Waals surface area contributed by atoms with Crippen molar-refractivity contribution in [1.82, 2.24) is 9.97 Å². The molecule has 0 spiro atoms. The largest absolute Gasteiger partial charge is 0.342 e. The van der Waals surface area contributed by atoms with Crippen LogP contribution in [0.5, 0.6) is 0 Å². The Balaban J connectivity index is 2.03. The summed E-state index contributed by atoms with van der Waals surface area (Å²) in [6.45, 7) is 2.00. The van der Waals surface area contributed by atoms with Crippen molar-refractivity contribution in [2.24, 2.45) is 5.73 Å². The molecule has 0 radical (unpaired) electrons. The van der Waals surface area contributed by atoms with Gasteiger partial charge in [0.2, 0.25) is 0 Å². The molecule has 3 N–H and O–H groups in total. The highest BCUT2D eigenvalue weighted by Crippen LogP contribution is 2.35. The lowest BCUT2D eigenvalue weighted by molar-refractivity contribution is 0.405. The summed E-state index contributed by atoms with van der Waals surface area (Å²) in [7, 11) is 0. The van der Waals surface area contributed by atoms with Crippen LogP contribution in [-0.2, 0) is 0 Å². The lowest BCUT2D eigenvalue weighted by Crippen LogP contribution is -2.10. The van der Waals surface area contributed by atoms with Gasteiger partial charge in [-0.3, -0.25) is 0 Å². The fourth-order valence-corrected chi connectivity index (χ4v) is 2.21. The Morgan fingerprint density at radius 1 is 1.44 bits per heavy atom. The van der Waals surface area contributed by atoms with Crippen molar-refractivity contribution in [2.45, 2.75) is 38.1 Å². The van der Waals surface area contributed by atoms with Crippen molar-refractivity contribution < 1.29 is 0 Å². The molecule has 1 aliphatic rings. The Kier molecular flexibility index (Phi) is 2.21. The number of rotatable bonds is 2. The molecule has 1 unspecified atom stereocenters. The maximum absolute atomic E-state index is 5.87. The third-order valence-corrected chi connectivity index (χ3v) is 3.54. The number of nitrogens with zero attached hydrogens (tertiary/aromatic N) is 1. The fourth-order valence-electron chi connectivity index (χ4n) is 2.21. The van der Waals surface area contributed by atoms with E-state index in [2.05, 4.69) is 28.2 Å². The normalized spacial score (nSPS) is 18.6. The molecular weight excluding hydrogens is 198 g/mol. The third-order valence-electron chi connectivity index (χ3n) is 3.54. The van der Waals surface area contributed by atoms with Gasteiger partial charge < -0.3 is 10.7 Å². The first-order chi connectivity index (χ1) is 7.74. The van der Waals surface area contributed by atoms with E-state index in [0.29, 0.717) is 5.92 Å². The highest BCUT2D eigenvalue weighted by molar-refractivity contribution is 5.76. The molecule has 1 aromatic heterocycles. The second-order valence-electron chi connectivity index (χ2n) is 4.82. The minimum atomic E-state index is 0.0832. The van der Waals surface area contributed by atoms with Gasteiger partial charge in [-0.25, -0.2) is 4.98 Å². The van der Waals surface area contributed by atoms with Crippen LogP contribution in [0.1, 0.15) is 49.5 Å². The van der Waals surface area contributed by atoms with Crippen molar-refractivity contribution in [2.75, 3.05) is 0 Å². The molecule has 3 nitrogen and oxygen atoms in total. The van der Waals surface area contributed by atoms with Crippen molar-refractivity contribution in [3.63, 3.8) is 0 Å². The second-order valence-corrected chi connectivity index (χ2v) is 4.82. The van der Waals surface area contributed by atoms with Crippen LogP contribution in [0, 0.1) is 0 Å². The first kappa shape index (κ1) is 9.85. The van der Waals surface area contributed by atoms with Crippen LogP contribution < -0.4 is 5.73 Å². The number of H-pyrrole nitrogens is 1. The molecule has 16 heavy (non-hydrogen) atoms. The molecule has 3 rings (SSSR count). The molecule has 2 aromatic rings. The Labute approximate surface area is 95.1 Å². The van der Waals surface area contributed by atoms with E-state index in [4.69, 9.17) is 5.73 Å². The Morgan fingerprint density at radius 2 is 2.25 bits per heavy atom. The molecule has 0 aliphatic heterocycles. The molecule has 1 aliphatic carbocycles. The monoisotopic (exact) mass is 215 g/mol. The van der Waals surface area contributed by atoms with Gasteiger partial charge in [-0.15, -0.1) is 0 Å². The smallest absolute Gasteiger partial charge is 0.110 e. The molecule has 1 aromatic carbocycles. The van der Waals surface area contributed by atoms with E-state index in [1.807, 2.05) is 6.92 Å². The highest BCUT2D eigenvalue weighted by atomic mass is 14.9. The lowest BCUT2D eigenvalue weighted by atomic mass is 9.85. The standard InChI is InChI=1S/C13H17N3/c1-8(14)10-5-6-11-12(7-10)16-13(15-11)9-3-2-4-9/h5-9H,2-4,14H2,1H3,(H,15,16). The number of nitrogens with two attached hydrogens (primary N) is 1. The van der Waals surface area contributed by atoms with Gasteiger partial charge in [-0.2, -0.15) is 0 Å². The molecule has 1 fully saturated rings. The Bertz CT molecular complexity index is 509. The Morgan fingerprint density at radius 3 is 2.88 bits per heavy atom. The van der Waals surface area contributed by atoms with Gasteiger partial charge in [0.15, 0.2) is 0 Å². The van der Waals surface area contributed by atoms with Gasteiger partial charge in [-0.1, -0.05) is 12.5 Å². The average Bonchev–Trinajstić information content (AvgIpc) is 2.56. The van der Waals surface area contributed by atoms with Crippen LogP contribution in [0.2, 0.25) is 0 Å². The summed E-state index contributed by atoms with van der Waals surface area (Å²) in [6, 6.07) is 6.33. The number of hydrogen-bond acceptors (Lipinski definition) is 2. The van der Waals surface area contributed by atoms with Crippen LogP contribution in [0.4, 0.5) is 0 Å². The molecule has 84 valence electrons. The summed E-state index contributed by atoms with van der Waals surface area (Å²) in [5, 5.41) is 0. The van der Waals surface area contributed by atoms with Gasteiger partial charge in [0.25, 0.3) is 0 Å². The predicted octanol–water partition coefficient (Wildman–Crippen LogP) is 2.85. The maximum Gasteiger partial charge on any atom is 0.110 e. The number of hydrogen-bond donors (Lipinski definition) is 2. The summed E-state index contributed by atoms with van der Waals surface area (Å²) in [6.07, 6.45) is 3.90. The van der Waals surface area contributed by atoms with E-state index in [1.54, 1.807) is 0 Å². The zero-order valence-electron chi connectivity index (χ0n) is 9.53. The van der Waals surface area contributed by atoms with Gasteiger partial charge in [0, 0.05) is 12.0 Å². The van der Waals surface area contributed by atoms with E-state index in [9.17, 15) is 0 Å². The number of nitrogens with one attached hydrogen (secondary N) is 1. The lowest BCUT2D eigenvalue weighted by Gasteiger charge is -2.22. The highest BCUT2D eigenvalue weighted by Gasteiger charge is 2.22. The van der Waals surface area contributed by atoms with Gasteiger partial charge in [0.05, 0.1) is 11.0 Å². The first-order valence-corrected chi connectivity index (χ1v) is 5.99. The quantitative estimate of drug-likeness (QED) is 0.809. The van der Waals surface area contributed by atoms with Crippen LogP contribution in [0.25, 0.3) is 11.0 Å². The number of aromatic amines is 1. The molecule has 1 atom stereocenters. The van der Waals surface area contributed by atoms with Crippen LogP contribution in [0.15, 0.2) is 18.2 Å². The number of fused-ring (bicyclic) bond motifs is 1. The van der Waals surface area contributed by atoms with Crippen molar-refractivity contribution in [3.8, 4) is 0 Å². The fraction of sp³-hybridized carbons (Fsp3) is 0.462. The maximum atomic E-state index is 5.87. The first-order valence-electron chi connectivity index (χ1n) is 5.99. The second kappa shape index (κ2) is 3.59. The molecule has 0 bridgehead atoms. The molecule has 0 saturated heterocycles. The van der Waals surface area contributed by atoms with E-state index in [-0.39, 0.29) is 6.04 Å². The third kappa shape index (κ3) is 1.52. The van der Waals surface area contributed by atoms with Gasteiger partial charge in [-0.05, 0) is 37.5 Å². The summed E-state index contributed by atoms with van der Waals surface area (Å²) in [5.41, 5.74) is 9.22. The summed E-state index contributed by atoms with van der Waals surface area (Å²) in [4.78, 5) is 8.06. The summed E-state index contributed by atoms with van der Waals surface area (Å²) < 4.78 is 0. The predicted molar refractivity (Wildman–Crippen MR) is 65.3 cm³/mol.